The van der Waals surface area contributed by atoms with E-state index in [1.165, 1.54) is 0 Å². The molecule has 1 aromatic heterocycles. The van der Waals surface area contributed by atoms with Gasteiger partial charge in [0.1, 0.15) is 11.6 Å². The lowest BCUT2D eigenvalue weighted by Crippen LogP contribution is -2.41. The quantitative estimate of drug-likeness (QED) is 0.894. The fourth-order valence-electron chi connectivity index (χ4n) is 0.813. The van der Waals surface area contributed by atoms with Gasteiger partial charge in [-0.25, -0.2) is 4.98 Å². The Labute approximate surface area is 101 Å². The predicted octanol–water partition coefficient (Wildman–Crippen LogP) is 2.66. The minimum Gasteiger partial charge on any atom is -0.475 e. The molecule has 1 heterocycles. The van der Waals surface area contributed by atoms with Crippen LogP contribution >= 0.6 is 24.0 Å². The van der Waals surface area contributed by atoms with Crippen LogP contribution in [0.5, 0.6) is 5.88 Å². The van der Waals surface area contributed by atoms with Crippen molar-refractivity contribution in [3.63, 3.8) is 0 Å². The minimum atomic E-state index is -0.332. The van der Waals surface area contributed by atoms with Gasteiger partial charge in [0.25, 0.3) is 0 Å². The topological polar surface area (TPSA) is 48.1 Å². The Morgan fingerprint density at radius 1 is 1.60 bits per heavy atom. The van der Waals surface area contributed by atoms with Crippen LogP contribution < -0.4 is 10.5 Å². The Bertz CT molecular complexity index is 305. The van der Waals surface area contributed by atoms with Crippen LogP contribution in [-0.2, 0) is 0 Å². The average molecular weight is 251 g/mol. The number of ether oxygens (including phenoxy) is 1. The number of rotatable bonds is 4. The molecule has 0 radical (unpaired) electrons. The summed E-state index contributed by atoms with van der Waals surface area (Å²) in [7, 11) is 0. The molecule has 0 bridgehead atoms. The minimum absolute atomic E-state index is 0. The second-order valence-electron chi connectivity index (χ2n) is 3.59. The molecule has 86 valence electrons. The van der Waals surface area contributed by atoms with Crippen molar-refractivity contribution in [2.24, 2.45) is 5.73 Å². The lowest BCUT2D eigenvalue weighted by Gasteiger charge is -2.22. The van der Waals surface area contributed by atoms with E-state index in [2.05, 4.69) is 4.98 Å². The Morgan fingerprint density at radius 2 is 2.27 bits per heavy atom. The molecule has 5 heteroatoms. The Hall–Kier alpha value is -0.510. The van der Waals surface area contributed by atoms with Gasteiger partial charge in [-0.2, -0.15) is 0 Å². The van der Waals surface area contributed by atoms with Crippen LogP contribution in [0.15, 0.2) is 18.3 Å². The summed E-state index contributed by atoms with van der Waals surface area (Å²) in [4.78, 5) is 4.01. The third kappa shape index (κ3) is 4.69. The second kappa shape index (κ2) is 6.16. The van der Waals surface area contributed by atoms with E-state index in [-0.39, 0.29) is 17.9 Å². The number of hydrogen-bond donors (Lipinski definition) is 1. The zero-order valence-electron chi connectivity index (χ0n) is 8.87. The summed E-state index contributed by atoms with van der Waals surface area (Å²) < 4.78 is 5.42. The molecule has 0 fully saturated rings. The van der Waals surface area contributed by atoms with Gasteiger partial charge < -0.3 is 10.5 Å². The maximum atomic E-state index is 5.92. The van der Waals surface area contributed by atoms with E-state index in [1.807, 2.05) is 13.8 Å². The molecule has 0 aliphatic rings. The Balaban J connectivity index is 0.00000196. The molecule has 0 saturated heterocycles. The molecule has 1 aromatic rings. The number of hydrogen-bond acceptors (Lipinski definition) is 3. The zero-order valence-corrected chi connectivity index (χ0v) is 10.4. The first kappa shape index (κ1) is 14.5. The van der Waals surface area contributed by atoms with Gasteiger partial charge in [-0.15, -0.1) is 12.4 Å². The van der Waals surface area contributed by atoms with Crippen molar-refractivity contribution in [1.82, 2.24) is 4.98 Å². The smallest absolute Gasteiger partial charge is 0.232 e. The number of nitrogens with zero attached hydrogens (tertiary/aromatic N) is 1. The summed E-state index contributed by atoms with van der Waals surface area (Å²) in [6, 6.07) is 3.50. The van der Waals surface area contributed by atoms with Crippen LogP contribution in [-0.4, -0.2) is 17.1 Å². The molecule has 1 rings (SSSR count). The number of pyridine rings is 1. The van der Waals surface area contributed by atoms with E-state index < -0.39 is 0 Å². The van der Waals surface area contributed by atoms with Gasteiger partial charge in [-0.05, 0) is 25.5 Å². The fraction of sp³-hybridized carbons (Fsp3) is 0.500. The summed E-state index contributed by atoms with van der Waals surface area (Å²) in [6.45, 7) is 4.37. The zero-order chi connectivity index (χ0) is 10.6. The van der Waals surface area contributed by atoms with E-state index in [4.69, 9.17) is 22.1 Å². The first-order chi connectivity index (χ1) is 6.55. The van der Waals surface area contributed by atoms with Gasteiger partial charge in [0.05, 0.1) is 0 Å². The van der Waals surface area contributed by atoms with E-state index in [0.29, 0.717) is 17.5 Å². The van der Waals surface area contributed by atoms with Crippen molar-refractivity contribution in [2.75, 3.05) is 6.61 Å². The highest BCUT2D eigenvalue weighted by atomic mass is 35.5. The van der Waals surface area contributed by atoms with Crippen molar-refractivity contribution in [1.29, 1.82) is 0 Å². The molecule has 0 saturated carbocycles. The molecule has 0 aromatic carbocycles. The largest absolute Gasteiger partial charge is 0.475 e. The highest BCUT2D eigenvalue weighted by Gasteiger charge is 2.17. The van der Waals surface area contributed by atoms with Crippen molar-refractivity contribution in [2.45, 2.75) is 25.8 Å². The predicted molar refractivity (Wildman–Crippen MR) is 64.9 cm³/mol. The molecule has 1 unspecified atom stereocenters. The van der Waals surface area contributed by atoms with Gasteiger partial charge in [0.2, 0.25) is 5.88 Å². The lowest BCUT2D eigenvalue weighted by molar-refractivity contribution is 0.219. The van der Waals surface area contributed by atoms with Crippen molar-refractivity contribution in [3.05, 3.63) is 23.4 Å². The maximum absolute atomic E-state index is 5.92. The van der Waals surface area contributed by atoms with Crippen LogP contribution in [0.2, 0.25) is 5.02 Å². The summed E-state index contributed by atoms with van der Waals surface area (Å²) in [5.41, 5.74) is 5.59. The van der Waals surface area contributed by atoms with E-state index in [1.54, 1.807) is 18.3 Å². The van der Waals surface area contributed by atoms with Crippen molar-refractivity contribution >= 4 is 24.0 Å². The number of aromatic nitrogens is 1. The van der Waals surface area contributed by atoms with Crippen LogP contribution in [0.1, 0.15) is 20.3 Å². The second-order valence-corrected chi connectivity index (χ2v) is 3.99. The molecule has 0 aliphatic heterocycles. The van der Waals surface area contributed by atoms with Crippen LogP contribution in [0.25, 0.3) is 0 Å². The normalized spacial score (nSPS) is 13.9. The van der Waals surface area contributed by atoms with Crippen LogP contribution in [0.3, 0.4) is 0 Å². The van der Waals surface area contributed by atoms with E-state index >= 15 is 0 Å². The highest BCUT2D eigenvalue weighted by molar-refractivity contribution is 6.31. The van der Waals surface area contributed by atoms with E-state index in [0.717, 1.165) is 6.42 Å². The van der Waals surface area contributed by atoms with Crippen molar-refractivity contribution in [3.8, 4) is 5.88 Å². The molecule has 0 amide bonds. The first-order valence-corrected chi connectivity index (χ1v) is 4.95. The molecule has 15 heavy (non-hydrogen) atoms. The Kier molecular flexibility index (Phi) is 5.95. The first-order valence-electron chi connectivity index (χ1n) is 4.57. The molecular weight excluding hydrogens is 235 g/mol. The van der Waals surface area contributed by atoms with Crippen molar-refractivity contribution < 1.29 is 4.74 Å². The molecule has 1 atom stereocenters. The monoisotopic (exact) mass is 250 g/mol. The summed E-state index contributed by atoms with van der Waals surface area (Å²) in [5.74, 6) is 0.444. The van der Waals surface area contributed by atoms with Gasteiger partial charge in [0, 0.05) is 11.7 Å². The standard InChI is InChI=1S/C10H15ClN2O.ClH/c1-3-10(2,12)7-14-9-8(11)5-4-6-13-9;/h4-6H,3,7,12H2,1-2H3;1H. The molecular formula is C10H16Cl2N2O. The fourth-order valence-corrected chi connectivity index (χ4v) is 0.989. The summed E-state index contributed by atoms with van der Waals surface area (Å²) in [6.07, 6.45) is 2.48. The Morgan fingerprint density at radius 3 is 2.80 bits per heavy atom. The molecule has 0 aliphatic carbocycles. The van der Waals surface area contributed by atoms with Gasteiger partial charge in [0.15, 0.2) is 0 Å². The lowest BCUT2D eigenvalue weighted by atomic mass is 10.0. The SMILES string of the molecule is CCC(C)(N)COc1ncccc1Cl.Cl. The summed E-state index contributed by atoms with van der Waals surface area (Å²) in [5, 5.41) is 0.513. The third-order valence-corrected chi connectivity index (χ3v) is 2.36. The number of halogens is 2. The van der Waals surface area contributed by atoms with Gasteiger partial charge in [-0.1, -0.05) is 18.5 Å². The van der Waals surface area contributed by atoms with Gasteiger partial charge >= 0.3 is 0 Å². The van der Waals surface area contributed by atoms with Gasteiger partial charge in [-0.3, -0.25) is 0 Å². The molecule has 0 spiro atoms. The van der Waals surface area contributed by atoms with E-state index in [9.17, 15) is 0 Å². The number of nitrogens with two attached hydrogens (primary N) is 1. The average Bonchev–Trinajstić information content (AvgIpc) is 2.17. The van der Waals surface area contributed by atoms with Crippen LogP contribution in [0.4, 0.5) is 0 Å². The third-order valence-electron chi connectivity index (χ3n) is 2.07. The maximum Gasteiger partial charge on any atom is 0.232 e. The molecule has 2 N–H and O–H groups in total. The summed E-state index contributed by atoms with van der Waals surface area (Å²) >= 11 is 5.87. The molecule has 3 nitrogen and oxygen atoms in total. The van der Waals surface area contributed by atoms with Crippen LogP contribution in [0, 0.1) is 0 Å². The highest BCUT2D eigenvalue weighted by Crippen LogP contribution is 2.21.